The summed E-state index contributed by atoms with van der Waals surface area (Å²) >= 11 is 0.787. The maximum atomic E-state index is 12.3. The zero-order chi connectivity index (χ0) is 13.1. The molecule has 104 valence electrons. The van der Waals surface area contributed by atoms with Gasteiger partial charge in [0.05, 0.1) is 4.90 Å². The topological polar surface area (TPSA) is 89.3 Å². The minimum atomic E-state index is -4.75. The number of thiophene rings is 1. The van der Waals surface area contributed by atoms with Gasteiger partial charge in [-0.1, -0.05) is 0 Å². The van der Waals surface area contributed by atoms with E-state index in [4.69, 9.17) is 5.73 Å². The third kappa shape index (κ3) is 3.61. The Kier molecular flexibility index (Phi) is 6.68. The van der Waals surface area contributed by atoms with Crippen molar-refractivity contribution in [1.82, 2.24) is 5.32 Å². The first kappa shape index (κ1) is 17.2. The molecule has 18 heavy (non-hydrogen) atoms. The van der Waals surface area contributed by atoms with E-state index in [2.05, 4.69) is 5.32 Å². The fourth-order valence-corrected chi connectivity index (χ4v) is 3.13. The number of alkyl halides is 2. The second-order valence-electron chi connectivity index (χ2n) is 2.96. The van der Waals surface area contributed by atoms with Crippen LogP contribution in [0, 0.1) is 0 Å². The molecule has 0 bridgehead atoms. The van der Waals surface area contributed by atoms with E-state index in [1.165, 1.54) is 5.38 Å². The predicted octanol–water partition coefficient (Wildman–Crippen LogP) is 0.855. The van der Waals surface area contributed by atoms with Gasteiger partial charge in [0.15, 0.2) is 0 Å². The summed E-state index contributed by atoms with van der Waals surface area (Å²) in [5.41, 5.74) is 5.15. The predicted molar refractivity (Wildman–Crippen MR) is 66.1 cm³/mol. The van der Waals surface area contributed by atoms with Crippen LogP contribution >= 0.6 is 23.7 Å². The molecule has 1 amide bonds. The van der Waals surface area contributed by atoms with Crippen LogP contribution in [0.4, 0.5) is 8.78 Å². The lowest BCUT2D eigenvalue weighted by atomic mass is 10.4. The summed E-state index contributed by atoms with van der Waals surface area (Å²) in [5.74, 6) is -4.26. The van der Waals surface area contributed by atoms with Crippen molar-refractivity contribution < 1.29 is 22.0 Å². The number of nitrogens with two attached hydrogens (primary N) is 1. The van der Waals surface area contributed by atoms with Crippen molar-refractivity contribution in [1.29, 1.82) is 0 Å². The summed E-state index contributed by atoms with van der Waals surface area (Å²) in [4.78, 5) is 10.6. The van der Waals surface area contributed by atoms with Crippen LogP contribution in [0.2, 0.25) is 0 Å². The summed E-state index contributed by atoms with van der Waals surface area (Å²) in [6.07, 6.45) is 0. The zero-order valence-electron chi connectivity index (χ0n) is 8.93. The third-order valence-electron chi connectivity index (χ3n) is 1.81. The van der Waals surface area contributed by atoms with Gasteiger partial charge >= 0.3 is 5.76 Å². The second-order valence-corrected chi connectivity index (χ2v) is 5.77. The highest BCUT2D eigenvalue weighted by molar-refractivity contribution is 7.92. The molecule has 1 aromatic rings. The van der Waals surface area contributed by atoms with Gasteiger partial charge in [0, 0.05) is 13.1 Å². The van der Waals surface area contributed by atoms with E-state index in [9.17, 15) is 22.0 Å². The number of carbonyl (C=O) groups excluding carboxylic acids is 1. The van der Waals surface area contributed by atoms with Crippen LogP contribution < -0.4 is 11.1 Å². The van der Waals surface area contributed by atoms with E-state index in [1.807, 2.05) is 0 Å². The fourth-order valence-electron chi connectivity index (χ4n) is 1.05. The van der Waals surface area contributed by atoms with Crippen molar-refractivity contribution in [2.75, 3.05) is 13.1 Å². The van der Waals surface area contributed by atoms with Gasteiger partial charge in [0.25, 0.3) is 5.91 Å². The Bertz CT molecular complexity index is 504. The molecular weight excluding hydrogens is 310 g/mol. The van der Waals surface area contributed by atoms with Gasteiger partial charge in [-0.15, -0.1) is 23.7 Å². The van der Waals surface area contributed by atoms with Crippen molar-refractivity contribution >= 4 is 39.5 Å². The molecule has 0 radical (unpaired) electrons. The Morgan fingerprint density at radius 3 is 2.61 bits per heavy atom. The molecule has 1 heterocycles. The van der Waals surface area contributed by atoms with Gasteiger partial charge in [-0.3, -0.25) is 4.79 Å². The normalized spacial score (nSPS) is 11.1. The molecule has 0 aliphatic heterocycles. The van der Waals surface area contributed by atoms with Crippen molar-refractivity contribution in [3.63, 3.8) is 0 Å². The van der Waals surface area contributed by atoms with Gasteiger partial charge in [0.1, 0.15) is 4.88 Å². The Morgan fingerprint density at radius 1 is 1.50 bits per heavy atom. The Labute approximate surface area is 113 Å². The second kappa shape index (κ2) is 6.98. The molecule has 10 heteroatoms. The summed E-state index contributed by atoms with van der Waals surface area (Å²) in [7, 11) is -4.75. The van der Waals surface area contributed by atoms with Gasteiger partial charge in [-0.25, -0.2) is 8.42 Å². The fraction of sp³-hybridized carbons (Fsp3) is 0.375. The molecule has 0 spiro atoms. The Morgan fingerprint density at radius 2 is 2.11 bits per heavy atom. The molecule has 1 aromatic heterocycles. The molecule has 0 saturated carbocycles. The molecule has 0 aliphatic rings. The molecule has 0 fully saturated rings. The maximum absolute atomic E-state index is 12.3. The number of amides is 1. The third-order valence-corrected chi connectivity index (χ3v) is 4.27. The first-order chi connectivity index (χ1) is 7.91. The number of halogens is 3. The lowest BCUT2D eigenvalue weighted by molar-refractivity contribution is 0.0956. The van der Waals surface area contributed by atoms with Crippen molar-refractivity contribution in [2.45, 2.75) is 10.7 Å². The van der Waals surface area contributed by atoms with Crippen molar-refractivity contribution in [2.24, 2.45) is 5.73 Å². The Hall–Kier alpha value is -0.770. The summed E-state index contributed by atoms with van der Waals surface area (Å²) in [6.45, 7) is 0.318. The SMILES string of the molecule is Cl.NCCNC(=O)c1sccc1S(=O)(=O)C(F)F. The highest BCUT2D eigenvalue weighted by Crippen LogP contribution is 2.26. The molecule has 5 nitrogen and oxygen atoms in total. The van der Waals surface area contributed by atoms with E-state index < -0.39 is 26.4 Å². The lowest BCUT2D eigenvalue weighted by Crippen LogP contribution is -2.29. The minimum Gasteiger partial charge on any atom is -0.350 e. The van der Waals surface area contributed by atoms with Crippen molar-refractivity contribution in [3.8, 4) is 0 Å². The highest BCUT2D eigenvalue weighted by Gasteiger charge is 2.31. The number of nitrogens with one attached hydrogen (secondary N) is 1. The van der Waals surface area contributed by atoms with Gasteiger partial charge in [0.2, 0.25) is 9.84 Å². The van der Waals surface area contributed by atoms with E-state index >= 15 is 0 Å². The minimum absolute atomic E-state index is 0. The average molecular weight is 321 g/mol. The molecular formula is C8H11ClF2N2O3S2. The van der Waals surface area contributed by atoms with E-state index in [1.54, 1.807) is 0 Å². The first-order valence-corrected chi connectivity index (χ1v) is 6.91. The molecule has 0 atom stereocenters. The molecule has 0 saturated heterocycles. The van der Waals surface area contributed by atoms with Crippen LogP contribution in [0.3, 0.4) is 0 Å². The maximum Gasteiger partial charge on any atom is 0.341 e. The number of carbonyl (C=O) groups is 1. The molecule has 0 unspecified atom stereocenters. The monoisotopic (exact) mass is 320 g/mol. The summed E-state index contributed by atoms with van der Waals surface area (Å²) < 4.78 is 47.2. The van der Waals surface area contributed by atoms with Crippen LogP contribution in [0.15, 0.2) is 16.3 Å². The van der Waals surface area contributed by atoms with Crippen LogP contribution in [0.25, 0.3) is 0 Å². The molecule has 0 aromatic carbocycles. The zero-order valence-corrected chi connectivity index (χ0v) is 11.4. The molecule has 1 rings (SSSR count). The van der Waals surface area contributed by atoms with Crippen LogP contribution in [0.1, 0.15) is 9.67 Å². The number of hydrogen-bond acceptors (Lipinski definition) is 5. The standard InChI is InChI=1S/C8H10F2N2O3S2.ClH/c9-8(10)17(14,15)5-1-4-16-6(5)7(13)12-3-2-11;/h1,4,8H,2-3,11H2,(H,12,13);1H. The van der Waals surface area contributed by atoms with Gasteiger partial charge < -0.3 is 11.1 Å². The summed E-state index contributed by atoms with van der Waals surface area (Å²) in [5, 5.41) is 3.59. The lowest BCUT2D eigenvalue weighted by Gasteiger charge is -2.05. The first-order valence-electron chi connectivity index (χ1n) is 4.49. The van der Waals surface area contributed by atoms with Gasteiger partial charge in [-0.2, -0.15) is 8.78 Å². The van der Waals surface area contributed by atoms with Crippen LogP contribution in [0.5, 0.6) is 0 Å². The molecule has 0 aliphatic carbocycles. The average Bonchev–Trinajstić information content (AvgIpc) is 2.74. The van der Waals surface area contributed by atoms with Crippen LogP contribution in [-0.4, -0.2) is 33.2 Å². The number of rotatable bonds is 5. The van der Waals surface area contributed by atoms with Crippen molar-refractivity contribution in [3.05, 3.63) is 16.3 Å². The Balaban J connectivity index is 0.00000289. The van der Waals surface area contributed by atoms with Gasteiger partial charge in [-0.05, 0) is 11.4 Å². The number of sulfone groups is 1. The van der Waals surface area contributed by atoms with E-state index in [0.29, 0.717) is 0 Å². The van der Waals surface area contributed by atoms with E-state index in [-0.39, 0.29) is 30.4 Å². The summed E-state index contributed by atoms with van der Waals surface area (Å²) in [6, 6.07) is 0.990. The smallest absolute Gasteiger partial charge is 0.341 e. The highest BCUT2D eigenvalue weighted by atomic mass is 35.5. The largest absolute Gasteiger partial charge is 0.350 e. The molecule has 3 N–H and O–H groups in total. The van der Waals surface area contributed by atoms with Crippen LogP contribution in [-0.2, 0) is 9.84 Å². The van der Waals surface area contributed by atoms with E-state index in [0.717, 1.165) is 17.4 Å². The number of hydrogen-bond donors (Lipinski definition) is 2. The quantitative estimate of drug-likeness (QED) is 0.842.